The van der Waals surface area contributed by atoms with Gasteiger partial charge in [-0.05, 0) is 0 Å². The Bertz CT molecular complexity index is 36.2. The molecular weight excluding hydrogens is 148 g/mol. The summed E-state index contributed by atoms with van der Waals surface area (Å²) in [7, 11) is 0. The maximum atomic E-state index is 9.59. The van der Waals surface area contributed by atoms with Crippen LogP contribution in [0.2, 0.25) is 4.81 Å². The zero-order chi connectivity index (χ0) is 4.12. The molecule has 0 aromatic heterocycles. The number of hydrogen-bond donors (Lipinski definition) is 0. The summed E-state index contributed by atoms with van der Waals surface area (Å²) in [5, 5.41) is 0. The van der Waals surface area contributed by atoms with Crippen molar-refractivity contribution in [1.82, 2.24) is 0 Å². The van der Waals surface area contributed by atoms with Crippen LogP contribution in [-0.4, -0.2) is 0 Å². The minimum atomic E-state index is -0.895. The molecule has 0 saturated heterocycles. The van der Waals surface area contributed by atoms with Gasteiger partial charge in [-0.1, -0.05) is 0 Å². The summed E-state index contributed by atoms with van der Waals surface area (Å²) in [6, 6.07) is 0. The predicted octanol–water partition coefficient (Wildman–Crippen LogP) is 1.02. The van der Waals surface area contributed by atoms with Gasteiger partial charge in [-0.15, -0.1) is 0 Å². The van der Waals surface area contributed by atoms with Crippen LogP contribution in [0.4, 0.5) is 0 Å². The van der Waals surface area contributed by atoms with Gasteiger partial charge in [0, 0.05) is 0 Å². The molecule has 0 fully saturated rings. The van der Waals surface area contributed by atoms with Gasteiger partial charge in [-0.25, -0.2) is 0 Å². The van der Waals surface area contributed by atoms with Crippen LogP contribution < -0.4 is 0 Å². The minimum absolute atomic E-state index is 0.727. The summed E-state index contributed by atoms with van der Waals surface area (Å²) in [5.41, 5.74) is 0. The van der Waals surface area contributed by atoms with Crippen molar-refractivity contribution in [1.29, 1.82) is 0 Å². The van der Waals surface area contributed by atoms with E-state index >= 15 is 0 Å². The van der Waals surface area contributed by atoms with Gasteiger partial charge >= 0.3 is 39.4 Å². The maximum absolute atomic E-state index is 9.59. The summed E-state index contributed by atoms with van der Waals surface area (Å²) in [4.78, 5) is 0.727. The van der Waals surface area contributed by atoms with Gasteiger partial charge in [-0.2, -0.15) is 0 Å². The number of rotatable bonds is 2. The van der Waals surface area contributed by atoms with E-state index in [2.05, 4.69) is 6.58 Å². The van der Waals surface area contributed by atoms with E-state index in [1.54, 1.807) is 6.08 Å². The second kappa shape index (κ2) is 4.23. The van der Waals surface area contributed by atoms with Crippen molar-refractivity contribution in [3.05, 3.63) is 12.7 Å². The molecule has 0 aliphatic carbocycles. The molecule has 0 unspecified atom stereocenters. The number of hydrogen-bond acceptors (Lipinski definition) is 1. The molecule has 0 amide bonds. The monoisotopic (exact) mass is 155 g/mol. The van der Waals surface area contributed by atoms with Gasteiger partial charge in [0.2, 0.25) is 0 Å². The first-order chi connectivity index (χ1) is 2.41. The summed E-state index contributed by atoms with van der Waals surface area (Å²) < 4.78 is 9.59. The second-order valence-corrected chi connectivity index (χ2v) is 1.97. The van der Waals surface area contributed by atoms with Crippen LogP contribution >= 0.6 is 0 Å². The summed E-state index contributed by atoms with van der Waals surface area (Å²) >= 11 is -0.895. The van der Waals surface area contributed by atoms with Crippen LogP contribution in [0.5, 0.6) is 0 Å². The van der Waals surface area contributed by atoms with Gasteiger partial charge < -0.3 is 0 Å². The third kappa shape index (κ3) is 4.23. The molecule has 2 heteroatoms. The first-order valence-electron chi connectivity index (χ1n) is 1.27. The van der Waals surface area contributed by atoms with Crippen molar-refractivity contribution in [3.8, 4) is 0 Å². The molecule has 0 atom stereocenters. The fraction of sp³-hybridized carbons (Fsp3) is 0.333. The standard InChI is InChI=1S/C3H5.Mo.O/c1-3-2;;/h3H,1-2H2;;. The van der Waals surface area contributed by atoms with Crippen LogP contribution in [-0.2, 0) is 21.9 Å². The summed E-state index contributed by atoms with van der Waals surface area (Å²) in [6.07, 6.45) is 1.68. The average molecular weight is 153 g/mol. The zero-order valence-corrected chi connectivity index (χ0v) is 4.82. The van der Waals surface area contributed by atoms with E-state index in [9.17, 15) is 3.40 Å². The summed E-state index contributed by atoms with van der Waals surface area (Å²) in [6.45, 7) is 3.38. The van der Waals surface area contributed by atoms with E-state index in [1.165, 1.54) is 0 Å². The Kier molecular flexibility index (Phi) is 4.42. The molecule has 0 heterocycles. The van der Waals surface area contributed by atoms with Crippen LogP contribution in [0.3, 0.4) is 0 Å². The second-order valence-electron chi connectivity index (χ2n) is 0.573. The van der Waals surface area contributed by atoms with Gasteiger partial charge in [-0.3, -0.25) is 0 Å². The van der Waals surface area contributed by atoms with Crippen molar-refractivity contribution >= 4 is 0 Å². The molecule has 0 aromatic carbocycles. The summed E-state index contributed by atoms with van der Waals surface area (Å²) in [5.74, 6) is 0. The van der Waals surface area contributed by atoms with E-state index in [1.807, 2.05) is 0 Å². The SMILES string of the molecule is C=C[CH2][Mo]=[O]. The Balaban J connectivity index is 2.65. The van der Waals surface area contributed by atoms with E-state index in [-0.39, 0.29) is 0 Å². The average Bonchev–Trinajstić information content (AvgIpc) is 1.41. The Morgan fingerprint density at radius 2 is 2.60 bits per heavy atom. The molecular formula is C3H5MoO. The van der Waals surface area contributed by atoms with E-state index in [4.69, 9.17) is 0 Å². The van der Waals surface area contributed by atoms with Crippen LogP contribution in [0.1, 0.15) is 0 Å². The van der Waals surface area contributed by atoms with Crippen molar-refractivity contribution in [2.24, 2.45) is 0 Å². The molecule has 29 valence electrons. The van der Waals surface area contributed by atoms with Crippen molar-refractivity contribution < 1.29 is 21.9 Å². The molecule has 0 aliphatic rings. The van der Waals surface area contributed by atoms with E-state index in [0.29, 0.717) is 0 Å². The van der Waals surface area contributed by atoms with E-state index in [0.717, 1.165) is 4.81 Å². The zero-order valence-electron chi connectivity index (χ0n) is 2.81. The normalized spacial score (nSPS) is 6.40. The first-order valence-corrected chi connectivity index (χ1v) is 3.51. The van der Waals surface area contributed by atoms with Crippen LogP contribution in [0, 0.1) is 0 Å². The molecule has 0 saturated carbocycles. The number of allylic oxidation sites excluding steroid dienone is 1. The van der Waals surface area contributed by atoms with Crippen LogP contribution in [0.25, 0.3) is 0 Å². The fourth-order valence-electron chi connectivity index (χ4n) is 0.0481. The fourth-order valence-corrected chi connectivity index (χ4v) is 0.285. The third-order valence-electron chi connectivity index (χ3n) is 0.186. The molecule has 0 aliphatic heterocycles. The van der Waals surface area contributed by atoms with Crippen molar-refractivity contribution in [2.75, 3.05) is 0 Å². The van der Waals surface area contributed by atoms with Crippen molar-refractivity contribution in [2.45, 2.75) is 4.81 Å². The molecule has 0 aromatic rings. The van der Waals surface area contributed by atoms with Gasteiger partial charge in [0.25, 0.3) is 0 Å². The Morgan fingerprint density at radius 1 is 2.00 bits per heavy atom. The molecule has 0 bridgehead atoms. The Morgan fingerprint density at radius 3 is 2.60 bits per heavy atom. The quantitative estimate of drug-likeness (QED) is 0.427. The Hall–Kier alpha value is 0.228. The van der Waals surface area contributed by atoms with E-state index < -0.39 is 18.5 Å². The van der Waals surface area contributed by atoms with Gasteiger partial charge in [0.15, 0.2) is 0 Å². The molecule has 0 N–H and O–H groups in total. The predicted molar refractivity (Wildman–Crippen MR) is 15.7 cm³/mol. The molecule has 0 rings (SSSR count). The van der Waals surface area contributed by atoms with Crippen molar-refractivity contribution in [3.63, 3.8) is 0 Å². The topological polar surface area (TPSA) is 17.1 Å². The third-order valence-corrected chi connectivity index (χ3v) is 1.10. The molecule has 0 radical (unpaired) electrons. The van der Waals surface area contributed by atoms with Gasteiger partial charge in [0.1, 0.15) is 0 Å². The molecule has 5 heavy (non-hydrogen) atoms. The van der Waals surface area contributed by atoms with Crippen LogP contribution in [0.15, 0.2) is 12.7 Å². The molecule has 1 nitrogen and oxygen atoms in total. The molecule has 0 spiro atoms. The Labute approximate surface area is 39.9 Å². The first kappa shape index (κ1) is 5.23. The van der Waals surface area contributed by atoms with Gasteiger partial charge in [0.05, 0.1) is 0 Å².